The summed E-state index contributed by atoms with van der Waals surface area (Å²) in [6.45, 7) is 0. The predicted octanol–water partition coefficient (Wildman–Crippen LogP) is 6.35. The van der Waals surface area contributed by atoms with Crippen molar-refractivity contribution in [1.29, 1.82) is 0 Å². The highest BCUT2D eigenvalue weighted by Gasteiger charge is 2.62. The fraction of sp³-hybridized carbons (Fsp3) is 0.714. The summed E-state index contributed by atoms with van der Waals surface area (Å²) in [5.74, 6) is -2.09. The molecule has 0 amide bonds. The van der Waals surface area contributed by atoms with Crippen LogP contribution < -0.4 is 0 Å². The van der Waals surface area contributed by atoms with Crippen LogP contribution in [0.25, 0.3) is 0 Å². The highest BCUT2D eigenvalue weighted by molar-refractivity contribution is 9.10. The Morgan fingerprint density at radius 1 is 0.870 bits per heavy atom. The summed E-state index contributed by atoms with van der Waals surface area (Å²) in [6.07, 6.45) is 8.60. The molecule has 1 aromatic rings. The first kappa shape index (κ1) is 33.8. The summed E-state index contributed by atoms with van der Waals surface area (Å²) in [6, 6.07) is 6.09. The second-order valence-electron chi connectivity index (χ2n) is 14.5. The van der Waals surface area contributed by atoms with Gasteiger partial charge in [0.25, 0.3) is 10.1 Å². The SMILES string of the molecule is COC(=O)[C@]12CC(=O)[C@@H]3CC(OS(=O)(=O)c4ccc(Br)cc4)CC3C(=O)[C@@H](CC(=O)OC3C[C@@H]4C[C@@H]4C3)CCCCCCC[C@@H]1C2. The molecule has 5 aliphatic carbocycles. The van der Waals surface area contributed by atoms with Crippen molar-refractivity contribution in [2.45, 2.75) is 113 Å². The maximum absolute atomic E-state index is 14.4. The summed E-state index contributed by atoms with van der Waals surface area (Å²) in [7, 11) is -2.83. The lowest BCUT2D eigenvalue weighted by Gasteiger charge is -2.25. The molecule has 11 heteroatoms. The van der Waals surface area contributed by atoms with Crippen LogP contribution in [-0.2, 0) is 43.0 Å². The molecular formula is C35H45BrO9S. The summed E-state index contributed by atoms with van der Waals surface area (Å²) in [4.78, 5) is 54.6. The van der Waals surface area contributed by atoms with Gasteiger partial charge >= 0.3 is 11.9 Å². The lowest BCUT2D eigenvalue weighted by molar-refractivity contribution is -0.153. The molecule has 9 nitrogen and oxygen atoms in total. The molecule has 1 aromatic carbocycles. The molecule has 5 saturated carbocycles. The third-order valence-electron chi connectivity index (χ3n) is 11.4. The number of halogens is 1. The van der Waals surface area contributed by atoms with Crippen molar-refractivity contribution in [3.8, 4) is 0 Å². The number of benzene rings is 1. The van der Waals surface area contributed by atoms with Gasteiger partial charge in [-0.1, -0.05) is 48.0 Å². The van der Waals surface area contributed by atoms with Crippen LogP contribution in [0.15, 0.2) is 33.6 Å². The Bertz CT molecular complexity index is 1430. The van der Waals surface area contributed by atoms with Crippen molar-refractivity contribution < 1.29 is 41.3 Å². The van der Waals surface area contributed by atoms with Crippen molar-refractivity contribution in [3.63, 3.8) is 0 Å². The van der Waals surface area contributed by atoms with E-state index in [0.29, 0.717) is 24.7 Å². The van der Waals surface area contributed by atoms with Gasteiger partial charge < -0.3 is 9.47 Å². The van der Waals surface area contributed by atoms with Gasteiger partial charge in [0, 0.05) is 28.6 Å². The molecule has 0 radical (unpaired) electrons. The quantitative estimate of drug-likeness (QED) is 0.234. The van der Waals surface area contributed by atoms with Crippen LogP contribution in [-0.4, -0.2) is 51.2 Å². The summed E-state index contributed by atoms with van der Waals surface area (Å²) >= 11 is 3.31. The normalized spacial score (nSPS) is 36.4. The molecule has 0 aromatic heterocycles. The van der Waals surface area contributed by atoms with E-state index in [-0.39, 0.29) is 60.1 Å². The van der Waals surface area contributed by atoms with Crippen LogP contribution in [0.3, 0.4) is 0 Å². The number of esters is 2. The number of carbonyl (C=O) groups is 4. The Morgan fingerprint density at radius 3 is 2.22 bits per heavy atom. The Balaban J connectivity index is 1.23. The molecule has 6 rings (SSSR count). The predicted molar refractivity (Wildman–Crippen MR) is 171 cm³/mol. The van der Waals surface area contributed by atoms with Crippen molar-refractivity contribution in [2.24, 2.45) is 40.9 Å². The zero-order valence-electron chi connectivity index (χ0n) is 26.5. The molecule has 5 aliphatic rings. The lowest BCUT2D eigenvalue weighted by atomic mass is 9.78. The van der Waals surface area contributed by atoms with E-state index >= 15 is 0 Å². The smallest absolute Gasteiger partial charge is 0.312 e. The number of ether oxygens (including phenoxy) is 2. The van der Waals surface area contributed by atoms with Crippen molar-refractivity contribution in [2.75, 3.05) is 7.11 Å². The third kappa shape index (κ3) is 7.46. The van der Waals surface area contributed by atoms with Gasteiger partial charge in [-0.3, -0.25) is 23.4 Å². The zero-order chi connectivity index (χ0) is 32.6. The van der Waals surface area contributed by atoms with Crippen LogP contribution >= 0.6 is 15.9 Å². The van der Waals surface area contributed by atoms with Gasteiger partial charge in [-0.2, -0.15) is 8.42 Å². The lowest BCUT2D eigenvalue weighted by Crippen LogP contribution is -2.34. The molecule has 0 N–H and O–H groups in total. The number of hydrogen-bond donors (Lipinski definition) is 0. The third-order valence-corrected chi connectivity index (χ3v) is 13.3. The highest BCUT2D eigenvalue weighted by atomic mass is 79.9. The molecular weight excluding hydrogens is 676 g/mol. The first-order chi connectivity index (χ1) is 22.0. The number of ketones is 2. The molecule has 0 aliphatic heterocycles. The minimum absolute atomic E-state index is 0.0153. The molecule has 5 fully saturated rings. The topological polar surface area (TPSA) is 130 Å². The number of methoxy groups -OCH3 is 1. The molecule has 0 heterocycles. The van der Waals surface area contributed by atoms with E-state index < -0.39 is 45.4 Å². The van der Waals surface area contributed by atoms with Crippen molar-refractivity contribution in [3.05, 3.63) is 28.7 Å². The fourth-order valence-corrected chi connectivity index (χ4v) is 10.0. The maximum Gasteiger partial charge on any atom is 0.312 e. The van der Waals surface area contributed by atoms with Crippen LogP contribution in [0, 0.1) is 40.9 Å². The van der Waals surface area contributed by atoms with Gasteiger partial charge in [-0.15, -0.1) is 0 Å². The average molecular weight is 722 g/mol. The summed E-state index contributed by atoms with van der Waals surface area (Å²) < 4.78 is 43.8. The number of Topliss-reactive ketones (excluding diaryl/α,β-unsaturated/α-hetero) is 2. The van der Waals surface area contributed by atoms with Crippen molar-refractivity contribution >= 4 is 49.6 Å². The molecule has 9 atom stereocenters. The number of rotatable bonds is 7. The van der Waals surface area contributed by atoms with Gasteiger partial charge in [-0.05, 0) is 93.4 Å². The number of carbonyl (C=O) groups excluding carboxylic acids is 4. The van der Waals surface area contributed by atoms with Crippen LogP contribution in [0.5, 0.6) is 0 Å². The van der Waals surface area contributed by atoms with Gasteiger partial charge in [0.15, 0.2) is 0 Å². The number of hydrogen-bond acceptors (Lipinski definition) is 9. The monoisotopic (exact) mass is 720 g/mol. The Kier molecular flexibility index (Phi) is 10.1. The van der Waals surface area contributed by atoms with E-state index in [1.807, 2.05) is 0 Å². The average Bonchev–Trinajstić information content (AvgIpc) is 3.81. The molecule has 0 saturated heterocycles. The minimum Gasteiger partial charge on any atom is -0.469 e. The summed E-state index contributed by atoms with van der Waals surface area (Å²) in [5, 5.41) is 0. The van der Waals surface area contributed by atoms with Crippen LogP contribution in [0.4, 0.5) is 0 Å². The van der Waals surface area contributed by atoms with E-state index in [2.05, 4.69) is 15.9 Å². The first-order valence-corrected chi connectivity index (χ1v) is 19.2. The number of fused-ring (bicyclic) bond motifs is 3. The Hall–Kier alpha value is -2.11. The zero-order valence-corrected chi connectivity index (χ0v) is 28.9. The Labute approximate surface area is 280 Å². The highest BCUT2D eigenvalue weighted by Crippen LogP contribution is 2.59. The first-order valence-electron chi connectivity index (χ1n) is 17.0. The molecule has 3 unspecified atom stereocenters. The second kappa shape index (κ2) is 13.8. The fourth-order valence-electron chi connectivity index (χ4n) is 8.67. The van der Waals surface area contributed by atoms with E-state index in [0.717, 1.165) is 55.8 Å². The van der Waals surface area contributed by atoms with Crippen LogP contribution in [0.2, 0.25) is 0 Å². The van der Waals surface area contributed by atoms with Gasteiger partial charge in [0.2, 0.25) is 0 Å². The van der Waals surface area contributed by atoms with E-state index in [9.17, 15) is 27.6 Å². The molecule has 0 bridgehead atoms. The standard InChI is InChI=1S/C35H45BrO9S/c1-43-34(40)35-19-24(35)8-6-4-2-3-5-7-21(16-32(38)44-26-14-22-13-23(22)15-26)33(39)30-18-27(17-29(30)31(37)20-35)45-46(41,42)28-11-9-25(36)10-12-28/h9-12,21-24,26-27,29-30H,2-8,13-20H2,1H3/t21-,22-,23+,24-,26?,27?,29-,30?,35-/m1/s1. The second-order valence-corrected chi connectivity index (χ2v) is 17.0. The maximum atomic E-state index is 14.4. The van der Waals surface area contributed by atoms with E-state index in [1.165, 1.54) is 25.7 Å². The summed E-state index contributed by atoms with van der Waals surface area (Å²) in [5.41, 5.74) is -0.896. The molecule has 46 heavy (non-hydrogen) atoms. The molecule has 252 valence electrons. The Morgan fingerprint density at radius 2 is 1.52 bits per heavy atom. The van der Waals surface area contributed by atoms with Gasteiger partial charge in [0.1, 0.15) is 17.7 Å². The van der Waals surface area contributed by atoms with Gasteiger partial charge in [-0.25, -0.2) is 0 Å². The van der Waals surface area contributed by atoms with E-state index in [1.54, 1.807) is 12.1 Å². The van der Waals surface area contributed by atoms with Crippen LogP contribution in [0.1, 0.15) is 96.3 Å². The van der Waals surface area contributed by atoms with E-state index in [4.69, 9.17) is 13.7 Å². The molecule has 0 spiro atoms. The van der Waals surface area contributed by atoms with Crippen molar-refractivity contribution in [1.82, 2.24) is 0 Å². The minimum atomic E-state index is -4.17. The van der Waals surface area contributed by atoms with Gasteiger partial charge in [0.05, 0.1) is 29.9 Å². The largest absolute Gasteiger partial charge is 0.469 e.